The molecule has 1 N–H and O–H groups in total. The van der Waals surface area contributed by atoms with E-state index in [9.17, 15) is 0 Å². The van der Waals surface area contributed by atoms with Crippen molar-refractivity contribution in [2.45, 2.75) is 19.3 Å². The summed E-state index contributed by atoms with van der Waals surface area (Å²) in [6, 6.07) is 7.89. The van der Waals surface area contributed by atoms with Crippen molar-refractivity contribution >= 4 is 17.3 Å². The van der Waals surface area contributed by atoms with E-state index in [2.05, 4.69) is 10.2 Å². The Kier molecular flexibility index (Phi) is 4.49. The average molecular weight is 239 g/mol. The minimum absolute atomic E-state index is 0.794. The molecule has 2 nitrogen and oxygen atoms in total. The maximum atomic E-state index is 5.82. The molecule has 0 saturated carbocycles. The number of anilines is 1. The van der Waals surface area contributed by atoms with Crippen molar-refractivity contribution in [1.29, 1.82) is 0 Å². The largest absolute Gasteiger partial charge is 0.385 e. The molecule has 1 aromatic carbocycles. The molecule has 1 aromatic rings. The topological polar surface area (TPSA) is 15.3 Å². The minimum Gasteiger partial charge on any atom is -0.385 e. The van der Waals surface area contributed by atoms with Crippen LogP contribution < -0.4 is 5.32 Å². The van der Waals surface area contributed by atoms with Crippen LogP contribution in [-0.4, -0.2) is 31.1 Å². The lowest BCUT2D eigenvalue weighted by molar-refractivity contribution is 0.337. The predicted molar refractivity (Wildman–Crippen MR) is 70.2 cm³/mol. The molecule has 0 aliphatic carbocycles. The zero-order valence-electron chi connectivity index (χ0n) is 9.58. The Morgan fingerprint density at radius 1 is 1.12 bits per heavy atom. The fourth-order valence-electron chi connectivity index (χ4n) is 2.11. The second kappa shape index (κ2) is 6.12. The van der Waals surface area contributed by atoms with Gasteiger partial charge in [-0.2, -0.15) is 0 Å². The van der Waals surface area contributed by atoms with Crippen molar-refractivity contribution in [3.8, 4) is 0 Å². The van der Waals surface area contributed by atoms with E-state index >= 15 is 0 Å². The van der Waals surface area contributed by atoms with Gasteiger partial charge < -0.3 is 10.2 Å². The van der Waals surface area contributed by atoms with E-state index in [1.807, 2.05) is 24.3 Å². The third-order valence-corrected chi connectivity index (χ3v) is 3.28. The number of nitrogens with one attached hydrogen (secondary N) is 1. The Balaban J connectivity index is 1.62. The number of hydrogen-bond acceptors (Lipinski definition) is 2. The van der Waals surface area contributed by atoms with Crippen LogP contribution in [0.4, 0.5) is 5.69 Å². The fourth-order valence-corrected chi connectivity index (χ4v) is 2.24. The number of halogens is 1. The van der Waals surface area contributed by atoms with E-state index in [0.29, 0.717) is 0 Å². The van der Waals surface area contributed by atoms with Crippen LogP contribution in [0.25, 0.3) is 0 Å². The average Bonchev–Trinajstić information content (AvgIpc) is 2.80. The number of benzene rings is 1. The number of nitrogens with zero attached hydrogens (tertiary/aromatic N) is 1. The van der Waals surface area contributed by atoms with Crippen LogP contribution >= 0.6 is 11.6 Å². The molecule has 2 rings (SSSR count). The summed E-state index contributed by atoms with van der Waals surface area (Å²) in [6.45, 7) is 4.85. The highest BCUT2D eigenvalue weighted by molar-refractivity contribution is 6.30. The summed E-state index contributed by atoms with van der Waals surface area (Å²) in [5.41, 5.74) is 1.16. The van der Waals surface area contributed by atoms with Gasteiger partial charge in [-0.15, -0.1) is 0 Å². The van der Waals surface area contributed by atoms with Gasteiger partial charge in [0, 0.05) is 17.3 Å². The molecule has 0 spiro atoms. The predicted octanol–water partition coefficient (Wildman–Crippen LogP) is 3.24. The van der Waals surface area contributed by atoms with Crippen LogP contribution in [0.2, 0.25) is 5.02 Å². The SMILES string of the molecule is Clc1ccc(NCCCN2CCCC2)cc1. The van der Waals surface area contributed by atoms with E-state index < -0.39 is 0 Å². The molecule has 88 valence electrons. The summed E-state index contributed by atoms with van der Waals surface area (Å²) in [6.07, 6.45) is 3.97. The molecule has 0 amide bonds. The minimum atomic E-state index is 0.794. The zero-order chi connectivity index (χ0) is 11.2. The summed E-state index contributed by atoms with van der Waals surface area (Å²) in [5, 5.41) is 4.20. The smallest absolute Gasteiger partial charge is 0.0407 e. The lowest BCUT2D eigenvalue weighted by atomic mass is 10.3. The van der Waals surface area contributed by atoms with E-state index in [-0.39, 0.29) is 0 Å². The van der Waals surface area contributed by atoms with Crippen molar-refractivity contribution in [3.05, 3.63) is 29.3 Å². The summed E-state index contributed by atoms with van der Waals surface area (Å²) in [5.74, 6) is 0. The highest BCUT2D eigenvalue weighted by Crippen LogP contribution is 2.13. The summed E-state index contributed by atoms with van der Waals surface area (Å²) >= 11 is 5.82. The second-order valence-electron chi connectivity index (χ2n) is 4.34. The summed E-state index contributed by atoms with van der Waals surface area (Å²) in [7, 11) is 0. The van der Waals surface area contributed by atoms with Crippen molar-refractivity contribution in [2.24, 2.45) is 0 Å². The van der Waals surface area contributed by atoms with Gasteiger partial charge in [-0.05, 0) is 63.2 Å². The summed E-state index contributed by atoms with van der Waals surface area (Å²) in [4.78, 5) is 2.55. The molecule has 1 aliphatic heterocycles. The second-order valence-corrected chi connectivity index (χ2v) is 4.77. The van der Waals surface area contributed by atoms with Crippen LogP contribution in [0.1, 0.15) is 19.3 Å². The molecule has 0 aromatic heterocycles. The van der Waals surface area contributed by atoms with E-state index in [0.717, 1.165) is 17.3 Å². The highest BCUT2D eigenvalue weighted by atomic mass is 35.5. The Hall–Kier alpha value is -0.730. The van der Waals surface area contributed by atoms with Gasteiger partial charge in [0.15, 0.2) is 0 Å². The van der Waals surface area contributed by atoms with Gasteiger partial charge in [0.05, 0.1) is 0 Å². The number of rotatable bonds is 5. The van der Waals surface area contributed by atoms with Crippen LogP contribution in [0.15, 0.2) is 24.3 Å². The van der Waals surface area contributed by atoms with Gasteiger partial charge in [-0.1, -0.05) is 11.6 Å². The molecular formula is C13H19ClN2. The van der Waals surface area contributed by atoms with Crippen LogP contribution in [0, 0.1) is 0 Å². The number of hydrogen-bond donors (Lipinski definition) is 1. The third-order valence-electron chi connectivity index (χ3n) is 3.02. The first-order valence-electron chi connectivity index (χ1n) is 6.06. The molecule has 16 heavy (non-hydrogen) atoms. The first-order valence-corrected chi connectivity index (χ1v) is 6.44. The number of likely N-dealkylation sites (tertiary alicyclic amines) is 1. The fraction of sp³-hybridized carbons (Fsp3) is 0.538. The Labute approximate surface area is 103 Å². The maximum absolute atomic E-state index is 5.82. The lowest BCUT2D eigenvalue weighted by Gasteiger charge is -2.14. The van der Waals surface area contributed by atoms with Gasteiger partial charge >= 0.3 is 0 Å². The van der Waals surface area contributed by atoms with Gasteiger partial charge in [-0.25, -0.2) is 0 Å². The molecule has 1 fully saturated rings. The Morgan fingerprint density at radius 3 is 2.50 bits per heavy atom. The van der Waals surface area contributed by atoms with Crippen LogP contribution in [-0.2, 0) is 0 Å². The van der Waals surface area contributed by atoms with E-state index in [1.165, 1.54) is 38.9 Å². The third kappa shape index (κ3) is 3.69. The first kappa shape index (κ1) is 11.7. The quantitative estimate of drug-likeness (QED) is 0.793. The molecular weight excluding hydrogens is 220 g/mol. The Morgan fingerprint density at radius 2 is 1.81 bits per heavy atom. The van der Waals surface area contributed by atoms with Gasteiger partial charge in [0.2, 0.25) is 0 Å². The van der Waals surface area contributed by atoms with Gasteiger partial charge in [0.25, 0.3) is 0 Å². The standard InChI is InChI=1S/C13H19ClN2/c14-12-4-6-13(7-5-12)15-8-3-11-16-9-1-2-10-16/h4-7,15H,1-3,8-11H2. The molecule has 1 heterocycles. The van der Waals surface area contributed by atoms with Gasteiger partial charge in [-0.3, -0.25) is 0 Å². The van der Waals surface area contributed by atoms with Crippen molar-refractivity contribution in [3.63, 3.8) is 0 Å². The maximum Gasteiger partial charge on any atom is 0.0407 e. The normalized spacial score (nSPS) is 16.6. The first-order chi connectivity index (χ1) is 7.84. The molecule has 0 radical (unpaired) electrons. The lowest BCUT2D eigenvalue weighted by Crippen LogP contribution is -2.22. The molecule has 0 bridgehead atoms. The molecule has 0 atom stereocenters. The van der Waals surface area contributed by atoms with Crippen LogP contribution in [0.5, 0.6) is 0 Å². The van der Waals surface area contributed by atoms with Crippen LogP contribution in [0.3, 0.4) is 0 Å². The highest BCUT2D eigenvalue weighted by Gasteiger charge is 2.09. The molecule has 1 aliphatic rings. The molecule has 0 unspecified atom stereocenters. The van der Waals surface area contributed by atoms with E-state index in [4.69, 9.17) is 11.6 Å². The molecule has 1 saturated heterocycles. The summed E-state index contributed by atoms with van der Waals surface area (Å²) < 4.78 is 0. The monoisotopic (exact) mass is 238 g/mol. The van der Waals surface area contributed by atoms with Gasteiger partial charge in [0.1, 0.15) is 0 Å². The zero-order valence-corrected chi connectivity index (χ0v) is 10.3. The Bertz CT molecular complexity index is 304. The van der Waals surface area contributed by atoms with Crippen molar-refractivity contribution < 1.29 is 0 Å². The molecule has 3 heteroatoms. The van der Waals surface area contributed by atoms with Crippen molar-refractivity contribution in [2.75, 3.05) is 31.5 Å². The van der Waals surface area contributed by atoms with Crippen molar-refractivity contribution in [1.82, 2.24) is 4.90 Å². The van der Waals surface area contributed by atoms with E-state index in [1.54, 1.807) is 0 Å².